The van der Waals surface area contributed by atoms with Gasteiger partial charge in [-0.25, -0.2) is 0 Å². The molecule has 38 atom stereocenters. The Hall–Kier alpha value is -6.88. The molecule has 0 spiro atoms. The molecule has 6 rings (SSSR count). The van der Waals surface area contributed by atoms with Crippen molar-refractivity contribution < 1.29 is 169 Å². The van der Waals surface area contributed by atoms with E-state index in [-0.39, 0.29) is 70.6 Å². The first-order valence-electron chi connectivity index (χ1n) is 45.4. The van der Waals surface area contributed by atoms with E-state index in [2.05, 4.69) is 0 Å². The lowest BCUT2D eigenvalue weighted by molar-refractivity contribution is -0.309. The average molecular weight is 1890 g/mol. The number of aliphatic hydroxyl groups is 20. The summed E-state index contributed by atoms with van der Waals surface area (Å²) in [6, 6.07) is -2.26. The number of cyclic esters (lactones) is 2. The topological polar surface area (TPSA) is 617 Å². The number of fused-ring (bicyclic) bond motifs is 4. The molecule has 0 aromatic carbocycles. The number of carbonyl (C=O) groups is 4. The van der Waals surface area contributed by atoms with Crippen molar-refractivity contribution in [2.24, 2.45) is 47.0 Å². The Kier molecular flexibility index (Phi) is 53.5. The monoisotopic (exact) mass is 1890 g/mol. The maximum atomic E-state index is 13.1. The second-order valence-electron chi connectivity index (χ2n) is 35.5. The fraction of sp³-hybridized carbons (Fsp3) is 0.670. The summed E-state index contributed by atoms with van der Waals surface area (Å²) in [5.41, 5.74) is 12.1. The first kappa shape index (κ1) is 118. The summed E-state index contributed by atoms with van der Waals surface area (Å²) >= 11 is 0. The van der Waals surface area contributed by atoms with Crippen molar-refractivity contribution in [3.05, 3.63) is 170 Å². The maximum Gasteiger partial charge on any atom is 0.313 e. The zero-order valence-corrected chi connectivity index (χ0v) is 77.1. The number of esters is 4. The molecule has 4 bridgehead atoms. The molecule has 4 fully saturated rings. The molecule has 756 valence electrons. The molecule has 4 saturated heterocycles. The van der Waals surface area contributed by atoms with E-state index >= 15 is 0 Å². The van der Waals surface area contributed by atoms with Gasteiger partial charge in [-0.2, -0.15) is 0 Å². The van der Waals surface area contributed by atoms with E-state index in [4.69, 9.17) is 58.8 Å². The summed E-state index contributed by atoms with van der Waals surface area (Å²) in [4.78, 5) is 51.4. The Morgan fingerprint density at radius 1 is 0.338 bits per heavy atom. The lowest BCUT2D eigenvalue weighted by Gasteiger charge is -2.45. The molecule has 25 unspecified atom stereocenters. The van der Waals surface area contributed by atoms with Crippen LogP contribution in [0.1, 0.15) is 166 Å². The van der Waals surface area contributed by atoms with Gasteiger partial charge in [-0.05, 0) is 66.2 Å². The number of aliphatic hydroxyl groups excluding tert-OH is 18. The van der Waals surface area contributed by atoms with Gasteiger partial charge >= 0.3 is 23.9 Å². The van der Waals surface area contributed by atoms with Crippen molar-refractivity contribution in [3.63, 3.8) is 0 Å². The van der Waals surface area contributed by atoms with Gasteiger partial charge in [0.1, 0.15) is 36.3 Å². The summed E-state index contributed by atoms with van der Waals surface area (Å²) in [5, 5.41) is 217. The van der Waals surface area contributed by atoms with Gasteiger partial charge in [-0.15, -0.1) is 0 Å². The highest BCUT2D eigenvalue weighted by atomic mass is 16.7. The minimum absolute atomic E-state index is 0. The van der Waals surface area contributed by atoms with E-state index in [0.29, 0.717) is 0 Å². The number of ether oxygens (including phenoxy) is 10. The summed E-state index contributed by atoms with van der Waals surface area (Å²) in [6.45, 7) is 13.6. The molecular weight excluding hydrogens is 1740 g/mol. The fourth-order valence-corrected chi connectivity index (χ4v) is 16.2. The van der Waals surface area contributed by atoms with Crippen LogP contribution in [-0.4, -0.2) is 335 Å². The van der Waals surface area contributed by atoms with Crippen molar-refractivity contribution in [2.45, 2.75) is 360 Å². The van der Waals surface area contributed by atoms with Crippen LogP contribution in [-0.2, 0) is 66.5 Å². The Bertz CT molecular complexity index is 3610. The molecule has 36 heteroatoms. The van der Waals surface area contributed by atoms with Crippen molar-refractivity contribution >= 4 is 23.9 Å². The van der Waals surface area contributed by atoms with Crippen LogP contribution in [0.5, 0.6) is 0 Å². The third-order valence-corrected chi connectivity index (χ3v) is 24.4. The van der Waals surface area contributed by atoms with Crippen molar-refractivity contribution in [1.29, 1.82) is 0 Å². The predicted molar refractivity (Wildman–Crippen MR) is 489 cm³/mol. The number of nitrogens with two attached hydrogens (primary N) is 2. The number of allylic oxidation sites excluding steroid dienone is 24. The van der Waals surface area contributed by atoms with Gasteiger partial charge in [0.05, 0.1) is 173 Å². The molecule has 0 aliphatic carbocycles. The molecule has 0 amide bonds. The van der Waals surface area contributed by atoms with Crippen LogP contribution in [0.2, 0.25) is 0 Å². The average Bonchev–Trinajstić information content (AvgIpc) is 0.779. The van der Waals surface area contributed by atoms with Crippen molar-refractivity contribution in [2.75, 3.05) is 14.2 Å². The second kappa shape index (κ2) is 60.1. The Balaban J connectivity index is 0.000000552. The van der Waals surface area contributed by atoms with Gasteiger partial charge in [0.25, 0.3) is 0 Å². The summed E-state index contributed by atoms with van der Waals surface area (Å²) in [5.74, 6) is -11.9. The van der Waals surface area contributed by atoms with Crippen molar-refractivity contribution in [3.8, 4) is 0 Å². The summed E-state index contributed by atoms with van der Waals surface area (Å²) < 4.78 is 56.8. The smallest absolute Gasteiger partial charge is 0.313 e. The molecule has 0 saturated carbocycles. The molecule has 0 aromatic rings. The third kappa shape index (κ3) is 41.0. The molecule has 36 nitrogen and oxygen atoms in total. The molecule has 6 heterocycles. The zero-order valence-electron chi connectivity index (χ0n) is 77.1. The quantitative estimate of drug-likeness (QED) is 0.134. The Labute approximate surface area is 780 Å². The summed E-state index contributed by atoms with van der Waals surface area (Å²) in [6.07, 6.45) is 9.01. The second-order valence-corrected chi connectivity index (χ2v) is 35.5. The van der Waals surface area contributed by atoms with Crippen LogP contribution in [0.4, 0.5) is 0 Å². The number of hydrogen-bond donors (Lipinski definition) is 22. The Morgan fingerprint density at radius 2 is 0.624 bits per heavy atom. The van der Waals surface area contributed by atoms with E-state index in [0.717, 1.165) is 14.2 Å². The lowest BCUT2D eigenvalue weighted by Crippen LogP contribution is -2.61. The highest BCUT2D eigenvalue weighted by Gasteiger charge is 2.54. The first-order chi connectivity index (χ1) is 62.3. The lowest BCUT2D eigenvalue weighted by atomic mass is 9.82. The normalized spacial score (nSPS) is 44.6. The van der Waals surface area contributed by atoms with E-state index in [1.165, 1.54) is 0 Å². The summed E-state index contributed by atoms with van der Waals surface area (Å²) in [7, 11) is 2.23. The molecule has 133 heavy (non-hydrogen) atoms. The van der Waals surface area contributed by atoms with Crippen molar-refractivity contribution in [1.82, 2.24) is 0 Å². The van der Waals surface area contributed by atoms with Crippen LogP contribution in [0.25, 0.3) is 0 Å². The standard InChI is InChI=1S/2C48H75NO17.CH4/c2*1-28-18-16-14-12-10-8-6-7-9-11-13-15-17-19-35(65-47-45(59)42(49)44(58)31(4)64-47)25-39-41(46(60)62-5)38(55)27-48(61,66-39)26-34(52)23-37(54)36(53)21-20-32(50)22-33(51)24-40(56)63-30(3)29(2)43(28)57;/h2*6-19,28-39,41-45,47,50-55,57-59,61H,20-27,49H2,1-5H3;1H4/b2*7-6+,10-8+,11-9+,14-12+,15-13+,18-16+,19-17+;/t28?,29-,30-,31?,32+,33+,34-,35-,36+,37+,38-,39-,41+,42?,43+,44?,45?,47?,48+;;/m0../s1. The zero-order chi connectivity index (χ0) is 98.3. The SMILES string of the molecule is C.COC(=O)C1C(O)CC2(O)CC(O)CC(O)C(O)CCC(O)CC(O)CC(=O)OC(C)C(C)C(O)C(C)/C=C/C=C/C=C/C=C/C=C/C=C/C=C/C(OC3OC(C)C(O)C(N)C3O)CC1O2.COC(=O)[C@H]1[C@@H]2C[C@@H](OC3OC(C)C(O)C(N)C3O)/C=C/C=C/C=C/C=C/C=C/C=C/C=C/C(C)[C@@H](O)[C@@H](C)[C@H](C)OC(=O)C[C@H](O)C[C@H](O)CC[C@@H](O)[C@H](O)C[C@H](O)C[C@](O)(C[C@@H]1O)O2. The van der Waals surface area contributed by atoms with Gasteiger partial charge < -0.3 is 161 Å². The highest BCUT2D eigenvalue weighted by molar-refractivity contribution is 5.74. The predicted octanol–water partition coefficient (Wildman–Crippen LogP) is 2.24. The van der Waals surface area contributed by atoms with Crippen LogP contribution in [0.15, 0.2) is 170 Å². The van der Waals surface area contributed by atoms with E-state index < -0.39 is 294 Å². The largest absolute Gasteiger partial charge is 0.469 e. The third-order valence-electron chi connectivity index (χ3n) is 24.4. The minimum Gasteiger partial charge on any atom is -0.469 e. The van der Waals surface area contributed by atoms with Crippen LogP contribution in [0, 0.1) is 35.5 Å². The molecule has 24 N–H and O–H groups in total. The van der Waals surface area contributed by atoms with Gasteiger partial charge in [0.2, 0.25) is 0 Å². The molecule has 0 radical (unpaired) electrons. The van der Waals surface area contributed by atoms with E-state index in [1.54, 1.807) is 151 Å². The minimum atomic E-state index is -2.27. The highest BCUT2D eigenvalue weighted by Crippen LogP contribution is 2.41. The van der Waals surface area contributed by atoms with Gasteiger partial charge in [-0.1, -0.05) is 205 Å². The maximum absolute atomic E-state index is 13.1. The van der Waals surface area contributed by atoms with Crippen LogP contribution >= 0.6 is 0 Å². The van der Waals surface area contributed by atoms with Crippen LogP contribution in [0.3, 0.4) is 0 Å². The number of carbonyl (C=O) groups excluding carboxylic acids is 4. The number of hydrogen-bond acceptors (Lipinski definition) is 36. The Morgan fingerprint density at radius 3 is 0.917 bits per heavy atom. The molecule has 0 aromatic heterocycles. The van der Waals surface area contributed by atoms with E-state index in [9.17, 15) is 121 Å². The fourth-order valence-electron chi connectivity index (χ4n) is 16.2. The number of rotatable bonds is 6. The van der Waals surface area contributed by atoms with Crippen LogP contribution < -0.4 is 11.5 Å². The number of methoxy groups -OCH3 is 2. The molecule has 6 aliphatic heterocycles. The van der Waals surface area contributed by atoms with Gasteiger partial charge in [0.15, 0.2) is 24.2 Å². The van der Waals surface area contributed by atoms with Gasteiger partial charge in [0, 0.05) is 75.0 Å². The van der Waals surface area contributed by atoms with E-state index in [1.807, 2.05) is 74.6 Å². The first-order valence-corrected chi connectivity index (χ1v) is 45.4. The molecular formula is C97H154N2O34. The van der Waals surface area contributed by atoms with Gasteiger partial charge in [-0.3, -0.25) is 19.2 Å². The molecule has 6 aliphatic rings.